The van der Waals surface area contributed by atoms with E-state index < -0.39 is 0 Å². The highest BCUT2D eigenvalue weighted by Crippen LogP contribution is 2.40. The van der Waals surface area contributed by atoms with Crippen LogP contribution in [0.2, 0.25) is 0 Å². The van der Waals surface area contributed by atoms with Gasteiger partial charge in [0.2, 0.25) is 0 Å². The van der Waals surface area contributed by atoms with Crippen LogP contribution in [0.1, 0.15) is 0 Å². The minimum Gasteiger partial charge on any atom is -0.456 e. The predicted molar refractivity (Wildman–Crippen MR) is 237 cm³/mol. The number of nitrogens with zero attached hydrogens (tertiary/aromatic N) is 1. The van der Waals surface area contributed by atoms with Gasteiger partial charge in [0.1, 0.15) is 11.2 Å². The van der Waals surface area contributed by atoms with E-state index in [2.05, 4.69) is 205 Å². The number of anilines is 3. The van der Waals surface area contributed by atoms with Crippen LogP contribution in [0.4, 0.5) is 17.1 Å². The molecule has 1 aromatic heterocycles. The zero-order valence-electron chi connectivity index (χ0n) is 30.6. The second kappa shape index (κ2) is 13.2. The van der Waals surface area contributed by atoms with Gasteiger partial charge in [0, 0.05) is 27.8 Å². The number of rotatable bonds is 6. The van der Waals surface area contributed by atoms with Gasteiger partial charge < -0.3 is 9.32 Å². The highest BCUT2D eigenvalue weighted by molar-refractivity contribution is 6.09. The molecule has 262 valence electrons. The van der Waals surface area contributed by atoms with Crippen LogP contribution in [-0.2, 0) is 0 Å². The topological polar surface area (TPSA) is 16.4 Å². The van der Waals surface area contributed by atoms with E-state index in [0.717, 1.165) is 50.1 Å². The third-order valence-corrected chi connectivity index (χ3v) is 11.2. The van der Waals surface area contributed by atoms with Crippen LogP contribution in [0.3, 0.4) is 0 Å². The monoisotopic (exact) mass is 713 g/mol. The van der Waals surface area contributed by atoms with Crippen molar-refractivity contribution in [1.82, 2.24) is 0 Å². The molecule has 0 saturated heterocycles. The predicted octanol–water partition coefficient (Wildman–Crippen LogP) is 15.5. The van der Waals surface area contributed by atoms with E-state index in [-0.39, 0.29) is 0 Å². The molecule has 0 fully saturated rings. The largest absolute Gasteiger partial charge is 0.456 e. The summed E-state index contributed by atoms with van der Waals surface area (Å²) in [6.07, 6.45) is 0. The SMILES string of the molecule is c1ccc(-c2ccc(N(c3ccc(-c4ccc5oc6ccccc6c5c4)cc3)c3ccc4cc(-c5ccc6c(ccc7ccccc76)c5)ccc4c3)cc2)cc1. The maximum absolute atomic E-state index is 6.11. The standard InChI is InChI=1S/C54H35NO/c1-2-8-36(9-3-1)37-18-25-46(26-19-37)55(47-27-20-38(21-28-47)44-24-31-54-52(35-44)51-12-6-7-13-53(51)56-54)48-29-22-41-32-40(15-16-43(41)34-48)42-23-30-50-45(33-42)17-14-39-10-4-5-11-49(39)50/h1-35H. The van der Waals surface area contributed by atoms with Crippen LogP contribution in [0, 0.1) is 0 Å². The average molecular weight is 714 g/mol. The molecule has 0 radical (unpaired) electrons. The third-order valence-electron chi connectivity index (χ3n) is 11.2. The van der Waals surface area contributed by atoms with Gasteiger partial charge in [-0.1, -0.05) is 146 Å². The summed E-state index contributed by atoms with van der Waals surface area (Å²) in [7, 11) is 0. The van der Waals surface area contributed by atoms with E-state index in [1.165, 1.54) is 54.6 Å². The summed E-state index contributed by atoms with van der Waals surface area (Å²) in [6, 6.07) is 76.6. The molecule has 56 heavy (non-hydrogen) atoms. The van der Waals surface area contributed by atoms with Crippen molar-refractivity contribution >= 4 is 71.3 Å². The number of hydrogen-bond donors (Lipinski definition) is 0. The van der Waals surface area contributed by atoms with Crippen molar-refractivity contribution in [2.75, 3.05) is 4.90 Å². The first-order valence-electron chi connectivity index (χ1n) is 19.2. The summed E-state index contributed by atoms with van der Waals surface area (Å²) in [4.78, 5) is 2.35. The van der Waals surface area contributed by atoms with E-state index in [0.29, 0.717) is 0 Å². The van der Waals surface area contributed by atoms with Gasteiger partial charge in [0.25, 0.3) is 0 Å². The van der Waals surface area contributed by atoms with Crippen LogP contribution in [-0.4, -0.2) is 0 Å². The summed E-state index contributed by atoms with van der Waals surface area (Å²) < 4.78 is 6.11. The second-order valence-electron chi connectivity index (χ2n) is 14.6. The van der Waals surface area contributed by atoms with Gasteiger partial charge in [0.05, 0.1) is 0 Å². The minimum atomic E-state index is 0.908. The number of fused-ring (bicyclic) bond motifs is 7. The number of hydrogen-bond acceptors (Lipinski definition) is 2. The Balaban J connectivity index is 0.966. The Hall–Kier alpha value is -7.42. The minimum absolute atomic E-state index is 0.908. The van der Waals surface area contributed by atoms with Crippen molar-refractivity contribution in [3.05, 3.63) is 212 Å². The molecular formula is C54H35NO. The molecule has 10 aromatic carbocycles. The molecule has 0 aliphatic heterocycles. The molecule has 0 saturated carbocycles. The second-order valence-corrected chi connectivity index (χ2v) is 14.6. The lowest BCUT2D eigenvalue weighted by molar-refractivity contribution is 0.669. The van der Waals surface area contributed by atoms with Crippen molar-refractivity contribution in [2.24, 2.45) is 0 Å². The molecule has 1 heterocycles. The highest BCUT2D eigenvalue weighted by atomic mass is 16.3. The zero-order valence-corrected chi connectivity index (χ0v) is 30.6. The van der Waals surface area contributed by atoms with Crippen molar-refractivity contribution < 1.29 is 4.42 Å². The first-order chi connectivity index (χ1) is 27.7. The smallest absolute Gasteiger partial charge is 0.135 e. The lowest BCUT2D eigenvalue weighted by atomic mass is 9.96. The lowest BCUT2D eigenvalue weighted by Crippen LogP contribution is -2.09. The lowest BCUT2D eigenvalue weighted by Gasteiger charge is -2.26. The average Bonchev–Trinajstić information content (AvgIpc) is 3.65. The van der Waals surface area contributed by atoms with Gasteiger partial charge in [-0.25, -0.2) is 0 Å². The molecule has 0 aliphatic carbocycles. The molecule has 0 atom stereocenters. The number of para-hydroxylation sites is 1. The first-order valence-corrected chi connectivity index (χ1v) is 19.2. The summed E-state index contributed by atoms with van der Waals surface area (Å²) in [5.74, 6) is 0. The summed E-state index contributed by atoms with van der Waals surface area (Å²) in [5, 5.41) is 9.79. The van der Waals surface area contributed by atoms with Crippen molar-refractivity contribution in [2.45, 2.75) is 0 Å². The first kappa shape index (κ1) is 32.0. The summed E-state index contributed by atoms with van der Waals surface area (Å²) in [6.45, 7) is 0. The number of furan rings is 1. The molecular weight excluding hydrogens is 679 g/mol. The van der Waals surface area contributed by atoms with Crippen LogP contribution in [0.5, 0.6) is 0 Å². The fraction of sp³-hybridized carbons (Fsp3) is 0. The van der Waals surface area contributed by atoms with Crippen molar-refractivity contribution in [3.8, 4) is 33.4 Å². The Morgan fingerprint density at radius 2 is 0.732 bits per heavy atom. The van der Waals surface area contributed by atoms with E-state index in [4.69, 9.17) is 4.42 Å². The molecule has 0 bridgehead atoms. The van der Waals surface area contributed by atoms with Crippen molar-refractivity contribution in [3.63, 3.8) is 0 Å². The Morgan fingerprint density at radius 1 is 0.250 bits per heavy atom. The van der Waals surface area contributed by atoms with Gasteiger partial charge in [-0.3, -0.25) is 0 Å². The van der Waals surface area contributed by atoms with Crippen LogP contribution in [0.25, 0.3) is 87.6 Å². The van der Waals surface area contributed by atoms with Crippen LogP contribution in [0.15, 0.2) is 217 Å². The molecule has 0 aliphatic rings. The molecule has 0 amide bonds. The Bertz CT molecular complexity index is 3230. The van der Waals surface area contributed by atoms with Crippen molar-refractivity contribution in [1.29, 1.82) is 0 Å². The number of benzene rings is 10. The Kier molecular flexibility index (Phi) is 7.53. The fourth-order valence-corrected chi connectivity index (χ4v) is 8.33. The summed E-state index contributed by atoms with van der Waals surface area (Å²) in [5.41, 5.74) is 12.3. The van der Waals surface area contributed by atoms with Gasteiger partial charge in [-0.2, -0.15) is 0 Å². The highest BCUT2D eigenvalue weighted by Gasteiger charge is 2.15. The molecule has 2 heteroatoms. The van der Waals surface area contributed by atoms with Crippen LogP contribution < -0.4 is 4.90 Å². The van der Waals surface area contributed by atoms with E-state index in [1.807, 2.05) is 12.1 Å². The molecule has 0 N–H and O–H groups in total. The maximum atomic E-state index is 6.11. The Morgan fingerprint density at radius 3 is 1.54 bits per heavy atom. The van der Waals surface area contributed by atoms with Gasteiger partial charge in [0.15, 0.2) is 0 Å². The van der Waals surface area contributed by atoms with Gasteiger partial charge in [-0.05, 0) is 132 Å². The summed E-state index contributed by atoms with van der Waals surface area (Å²) >= 11 is 0. The van der Waals surface area contributed by atoms with E-state index in [9.17, 15) is 0 Å². The van der Waals surface area contributed by atoms with Crippen LogP contribution >= 0.6 is 0 Å². The molecule has 0 unspecified atom stereocenters. The normalized spacial score (nSPS) is 11.6. The van der Waals surface area contributed by atoms with E-state index >= 15 is 0 Å². The molecule has 0 spiro atoms. The van der Waals surface area contributed by atoms with Gasteiger partial charge >= 0.3 is 0 Å². The quantitative estimate of drug-likeness (QED) is 0.160. The van der Waals surface area contributed by atoms with Gasteiger partial charge in [-0.15, -0.1) is 0 Å². The zero-order chi connectivity index (χ0) is 37.0. The molecule has 11 aromatic rings. The Labute approximate surface area is 325 Å². The van der Waals surface area contributed by atoms with E-state index in [1.54, 1.807) is 0 Å². The molecule has 11 rings (SSSR count). The maximum Gasteiger partial charge on any atom is 0.135 e. The molecule has 2 nitrogen and oxygen atoms in total. The third kappa shape index (κ3) is 5.59. The fourth-order valence-electron chi connectivity index (χ4n) is 8.33.